The molecule has 2 aromatic rings. The standard InChI is InChI=1S/C17H11BrClNO2S/c18-13-3-1-2-12(8-13)10-20-16(21)15(23-17(20)22)9-11-4-6-14(19)7-5-11/h1-9H,10H2/b15-9+. The Hall–Kier alpha value is -1.56. The van der Waals surface area contributed by atoms with E-state index in [0.29, 0.717) is 9.93 Å². The van der Waals surface area contributed by atoms with Crippen molar-refractivity contribution in [3.05, 3.63) is 74.1 Å². The van der Waals surface area contributed by atoms with Crippen LogP contribution in [-0.2, 0) is 11.3 Å². The predicted molar refractivity (Wildman–Crippen MR) is 97.1 cm³/mol. The largest absolute Gasteiger partial charge is 0.293 e. The quantitative estimate of drug-likeness (QED) is 0.643. The molecule has 0 radical (unpaired) electrons. The summed E-state index contributed by atoms with van der Waals surface area (Å²) in [5, 5.41) is 0.375. The van der Waals surface area contributed by atoms with E-state index in [0.717, 1.165) is 27.4 Å². The normalized spacial score (nSPS) is 16.4. The molecular formula is C17H11BrClNO2S. The Labute approximate surface area is 151 Å². The van der Waals surface area contributed by atoms with E-state index < -0.39 is 0 Å². The summed E-state index contributed by atoms with van der Waals surface area (Å²) in [5.41, 5.74) is 1.73. The zero-order chi connectivity index (χ0) is 16.4. The van der Waals surface area contributed by atoms with Crippen molar-refractivity contribution in [2.24, 2.45) is 0 Å². The van der Waals surface area contributed by atoms with Crippen LogP contribution in [0.25, 0.3) is 6.08 Å². The molecule has 3 nitrogen and oxygen atoms in total. The highest BCUT2D eigenvalue weighted by molar-refractivity contribution is 9.10. The molecule has 0 N–H and O–H groups in total. The highest BCUT2D eigenvalue weighted by atomic mass is 79.9. The van der Waals surface area contributed by atoms with Gasteiger partial charge >= 0.3 is 0 Å². The minimum atomic E-state index is -0.269. The lowest BCUT2D eigenvalue weighted by Gasteiger charge is -2.12. The third-order valence-corrected chi connectivity index (χ3v) is 4.92. The highest BCUT2D eigenvalue weighted by Crippen LogP contribution is 2.33. The number of benzene rings is 2. The van der Waals surface area contributed by atoms with Crippen LogP contribution >= 0.6 is 39.3 Å². The van der Waals surface area contributed by atoms with Crippen LogP contribution in [-0.4, -0.2) is 16.0 Å². The van der Waals surface area contributed by atoms with Gasteiger partial charge in [-0.25, -0.2) is 0 Å². The summed E-state index contributed by atoms with van der Waals surface area (Å²) < 4.78 is 0.915. The first-order valence-electron chi connectivity index (χ1n) is 6.78. The highest BCUT2D eigenvalue weighted by Gasteiger charge is 2.34. The number of halogens is 2. The Kier molecular flexibility index (Phi) is 4.90. The molecule has 0 spiro atoms. The summed E-state index contributed by atoms with van der Waals surface area (Å²) in [6.07, 6.45) is 1.71. The number of amides is 2. The van der Waals surface area contributed by atoms with Crippen LogP contribution in [0.15, 0.2) is 57.9 Å². The molecule has 23 heavy (non-hydrogen) atoms. The van der Waals surface area contributed by atoms with Crippen molar-refractivity contribution in [3.63, 3.8) is 0 Å². The Morgan fingerprint density at radius 2 is 1.87 bits per heavy atom. The zero-order valence-corrected chi connectivity index (χ0v) is 15.0. The summed E-state index contributed by atoms with van der Waals surface area (Å²) in [4.78, 5) is 26.3. The van der Waals surface area contributed by atoms with Crippen LogP contribution in [0.1, 0.15) is 11.1 Å². The van der Waals surface area contributed by atoms with Crippen LogP contribution in [0, 0.1) is 0 Å². The molecule has 1 saturated heterocycles. The van der Waals surface area contributed by atoms with E-state index in [1.807, 2.05) is 36.4 Å². The van der Waals surface area contributed by atoms with E-state index in [1.165, 1.54) is 4.90 Å². The summed E-state index contributed by atoms with van der Waals surface area (Å²) in [7, 11) is 0. The van der Waals surface area contributed by atoms with Crippen LogP contribution in [0.5, 0.6) is 0 Å². The molecule has 1 fully saturated rings. The molecule has 1 aliphatic heterocycles. The van der Waals surface area contributed by atoms with Crippen LogP contribution in [0.4, 0.5) is 4.79 Å². The smallest absolute Gasteiger partial charge is 0.268 e. The van der Waals surface area contributed by atoms with Gasteiger partial charge in [-0.2, -0.15) is 0 Å². The molecule has 0 atom stereocenters. The monoisotopic (exact) mass is 407 g/mol. The Morgan fingerprint density at radius 3 is 2.57 bits per heavy atom. The lowest BCUT2D eigenvalue weighted by molar-refractivity contribution is -0.123. The lowest BCUT2D eigenvalue weighted by Crippen LogP contribution is -2.27. The average Bonchev–Trinajstić information content (AvgIpc) is 2.77. The fraction of sp³-hybridized carbons (Fsp3) is 0.0588. The second-order valence-electron chi connectivity index (χ2n) is 4.95. The van der Waals surface area contributed by atoms with Crippen molar-refractivity contribution in [1.29, 1.82) is 0 Å². The minimum Gasteiger partial charge on any atom is -0.268 e. The first-order chi connectivity index (χ1) is 11.0. The Morgan fingerprint density at radius 1 is 1.13 bits per heavy atom. The van der Waals surface area contributed by atoms with Gasteiger partial charge in [0.2, 0.25) is 0 Å². The SMILES string of the molecule is O=C1S/C(=C/c2ccc(Cl)cc2)C(=O)N1Cc1cccc(Br)c1. The van der Waals surface area contributed by atoms with E-state index in [2.05, 4.69) is 15.9 Å². The molecule has 0 aromatic heterocycles. The molecule has 0 bridgehead atoms. The topological polar surface area (TPSA) is 37.4 Å². The molecule has 0 saturated carbocycles. The van der Waals surface area contributed by atoms with Crippen molar-refractivity contribution in [1.82, 2.24) is 4.90 Å². The number of nitrogens with zero attached hydrogens (tertiary/aromatic N) is 1. The zero-order valence-electron chi connectivity index (χ0n) is 11.8. The minimum absolute atomic E-state index is 0.254. The van der Waals surface area contributed by atoms with Crippen LogP contribution in [0.3, 0.4) is 0 Å². The van der Waals surface area contributed by atoms with Gasteiger partial charge in [0.05, 0.1) is 11.4 Å². The maximum absolute atomic E-state index is 12.5. The van der Waals surface area contributed by atoms with Crippen LogP contribution in [0.2, 0.25) is 5.02 Å². The van der Waals surface area contributed by atoms with Gasteiger partial charge in [-0.3, -0.25) is 14.5 Å². The molecule has 3 rings (SSSR count). The number of carbonyl (C=O) groups is 2. The van der Waals surface area contributed by atoms with E-state index in [4.69, 9.17) is 11.6 Å². The van der Waals surface area contributed by atoms with Gasteiger partial charge in [0.25, 0.3) is 11.1 Å². The molecule has 1 aliphatic rings. The Balaban J connectivity index is 1.81. The van der Waals surface area contributed by atoms with Crippen molar-refractivity contribution in [2.45, 2.75) is 6.54 Å². The molecule has 6 heteroatoms. The fourth-order valence-electron chi connectivity index (χ4n) is 2.16. The molecule has 0 unspecified atom stereocenters. The van der Waals surface area contributed by atoms with E-state index in [9.17, 15) is 9.59 Å². The van der Waals surface area contributed by atoms with Crippen molar-refractivity contribution >= 4 is 56.5 Å². The molecule has 2 aromatic carbocycles. The molecule has 2 amide bonds. The van der Waals surface area contributed by atoms with E-state index in [1.54, 1.807) is 18.2 Å². The van der Waals surface area contributed by atoms with Gasteiger partial charge in [-0.05, 0) is 53.2 Å². The maximum atomic E-state index is 12.5. The van der Waals surface area contributed by atoms with Gasteiger partial charge in [0.15, 0.2) is 0 Å². The number of rotatable bonds is 3. The van der Waals surface area contributed by atoms with Gasteiger partial charge < -0.3 is 0 Å². The third kappa shape index (κ3) is 3.86. The number of imide groups is 1. The number of hydrogen-bond donors (Lipinski definition) is 0. The second-order valence-corrected chi connectivity index (χ2v) is 7.29. The first-order valence-corrected chi connectivity index (χ1v) is 8.77. The molecular weight excluding hydrogens is 398 g/mol. The summed E-state index contributed by atoms with van der Waals surface area (Å²) in [6, 6.07) is 14.7. The van der Waals surface area contributed by atoms with E-state index >= 15 is 0 Å². The van der Waals surface area contributed by atoms with Gasteiger partial charge in [0, 0.05) is 9.50 Å². The Bertz CT molecular complexity index is 804. The third-order valence-electron chi connectivity index (χ3n) is 3.27. The molecule has 1 heterocycles. The van der Waals surface area contributed by atoms with E-state index in [-0.39, 0.29) is 17.7 Å². The summed E-state index contributed by atoms with van der Waals surface area (Å²) >= 11 is 10.2. The van der Waals surface area contributed by atoms with Gasteiger partial charge in [-0.1, -0.05) is 51.8 Å². The predicted octanol–water partition coefficient (Wildman–Crippen LogP) is 5.34. The van der Waals surface area contributed by atoms with Gasteiger partial charge in [0.1, 0.15) is 0 Å². The number of thioether (sulfide) groups is 1. The first kappa shape index (κ1) is 16.3. The van der Waals surface area contributed by atoms with Crippen molar-refractivity contribution in [3.8, 4) is 0 Å². The molecule has 116 valence electrons. The maximum Gasteiger partial charge on any atom is 0.293 e. The van der Waals surface area contributed by atoms with Crippen molar-refractivity contribution in [2.75, 3.05) is 0 Å². The number of carbonyl (C=O) groups excluding carboxylic acids is 2. The average molecular weight is 409 g/mol. The fourth-order valence-corrected chi connectivity index (χ4v) is 3.58. The van der Waals surface area contributed by atoms with Crippen molar-refractivity contribution < 1.29 is 9.59 Å². The van der Waals surface area contributed by atoms with Gasteiger partial charge in [-0.15, -0.1) is 0 Å². The van der Waals surface area contributed by atoms with Crippen LogP contribution < -0.4 is 0 Å². The number of hydrogen-bond acceptors (Lipinski definition) is 3. The summed E-state index contributed by atoms with van der Waals surface area (Å²) in [6.45, 7) is 0.266. The lowest BCUT2D eigenvalue weighted by atomic mass is 10.2. The second kappa shape index (κ2) is 6.91. The molecule has 0 aliphatic carbocycles. The summed E-state index contributed by atoms with van der Waals surface area (Å²) in [5.74, 6) is -0.269.